The van der Waals surface area contributed by atoms with Crippen LogP contribution in [0.15, 0.2) is 11.2 Å². The van der Waals surface area contributed by atoms with Gasteiger partial charge in [-0.1, -0.05) is 32.5 Å². The lowest BCUT2D eigenvalue weighted by molar-refractivity contribution is -0.131. The van der Waals surface area contributed by atoms with Crippen molar-refractivity contribution < 1.29 is 4.79 Å². The predicted molar refractivity (Wildman–Crippen MR) is 111 cm³/mol. The summed E-state index contributed by atoms with van der Waals surface area (Å²) < 4.78 is 2.03. The molecule has 1 aliphatic heterocycles. The van der Waals surface area contributed by atoms with Crippen LogP contribution in [0.3, 0.4) is 0 Å². The molecule has 27 heavy (non-hydrogen) atoms. The number of thiophene rings is 1. The Balaban J connectivity index is 1.48. The number of aromatic nitrogens is 3. The molecule has 0 saturated carbocycles. The Morgan fingerprint density at radius 2 is 2.11 bits per heavy atom. The van der Waals surface area contributed by atoms with E-state index in [1.807, 2.05) is 27.9 Å². The summed E-state index contributed by atoms with van der Waals surface area (Å²) in [6, 6.07) is 2.32. The van der Waals surface area contributed by atoms with Crippen molar-refractivity contribution in [3.05, 3.63) is 16.5 Å². The molecule has 2 aromatic rings. The van der Waals surface area contributed by atoms with Gasteiger partial charge in [0.15, 0.2) is 11.0 Å². The number of carbonyl (C=O) groups excluding carboxylic acids is 1. The zero-order valence-electron chi connectivity index (χ0n) is 16.6. The standard InChI is InChI=1S/C20H28N4OS2/c1-20(2,3)14-6-7-15-13(10-14)11-16(27-15)18-21-22-19(23(18)4)26-12-17(25)24-8-5-9-24/h11,14H,5-10,12H2,1-4H3/t14-/m1/s1. The second-order valence-electron chi connectivity index (χ2n) is 8.75. The van der Waals surface area contributed by atoms with Crippen molar-refractivity contribution in [1.82, 2.24) is 19.7 Å². The number of likely N-dealkylation sites (tertiary alicyclic amines) is 1. The van der Waals surface area contributed by atoms with Crippen LogP contribution in [0.4, 0.5) is 0 Å². The molecule has 1 saturated heterocycles. The lowest BCUT2D eigenvalue weighted by Crippen LogP contribution is -2.43. The van der Waals surface area contributed by atoms with Crippen molar-refractivity contribution in [3.63, 3.8) is 0 Å². The topological polar surface area (TPSA) is 51.0 Å². The van der Waals surface area contributed by atoms with Gasteiger partial charge in [0.1, 0.15) is 0 Å². The van der Waals surface area contributed by atoms with Crippen LogP contribution in [0.2, 0.25) is 0 Å². The quantitative estimate of drug-likeness (QED) is 0.722. The van der Waals surface area contributed by atoms with Gasteiger partial charge in [0.05, 0.1) is 10.6 Å². The molecule has 1 atom stereocenters. The predicted octanol–water partition coefficient (Wildman–Crippen LogP) is 4.02. The van der Waals surface area contributed by atoms with Crippen LogP contribution in [0, 0.1) is 11.3 Å². The zero-order valence-corrected chi connectivity index (χ0v) is 18.3. The number of amides is 1. The van der Waals surface area contributed by atoms with Crippen LogP contribution in [0.25, 0.3) is 10.7 Å². The van der Waals surface area contributed by atoms with E-state index in [-0.39, 0.29) is 5.91 Å². The van der Waals surface area contributed by atoms with Gasteiger partial charge in [0, 0.05) is 25.0 Å². The summed E-state index contributed by atoms with van der Waals surface area (Å²) in [5, 5.41) is 9.59. The summed E-state index contributed by atoms with van der Waals surface area (Å²) in [5.74, 6) is 2.31. The number of carbonyl (C=O) groups is 1. The largest absolute Gasteiger partial charge is 0.342 e. The molecule has 0 N–H and O–H groups in total. The van der Waals surface area contributed by atoms with Gasteiger partial charge in [0.2, 0.25) is 5.91 Å². The third-order valence-electron chi connectivity index (χ3n) is 5.90. The molecule has 5 nitrogen and oxygen atoms in total. The van der Waals surface area contributed by atoms with E-state index in [9.17, 15) is 4.79 Å². The van der Waals surface area contributed by atoms with E-state index in [1.54, 1.807) is 0 Å². The molecule has 0 radical (unpaired) electrons. The van der Waals surface area contributed by atoms with Gasteiger partial charge >= 0.3 is 0 Å². The van der Waals surface area contributed by atoms with Gasteiger partial charge in [-0.25, -0.2) is 0 Å². The molecule has 3 heterocycles. The van der Waals surface area contributed by atoms with Gasteiger partial charge in [-0.15, -0.1) is 21.5 Å². The van der Waals surface area contributed by atoms with Crippen molar-refractivity contribution in [2.75, 3.05) is 18.8 Å². The molecular weight excluding hydrogens is 376 g/mol. The molecule has 1 fully saturated rings. The first-order valence-corrected chi connectivity index (χ1v) is 11.5. The maximum absolute atomic E-state index is 12.1. The Hall–Kier alpha value is -1.34. The molecule has 146 valence electrons. The van der Waals surface area contributed by atoms with E-state index in [2.05, 4.69) is 37.0 Å². The summed E-state index contributed by atoms with van der Waals surface area (Å²) in [4.78, 5) is 16.7. The molecule has 0 bridgehead atoms. The minimum atomic E-state index is 0.204. The van der Waals surface area contributed by atoms with Crippen molar-refractivity contribution in [3.8, 4) is 10.7 Å². The molecule has 1 aliphatic carbocycles. The molecule has 2 aliphatic rings. The lowest BCUT2D eigenvalue weighted by atomic mass is 9.72. The Bertz CT molecular complexity index is 845. The van der Waals surface area contributed by atoms with Gasteiger partial charge in [0.25, 0.3) is 0 Å². The minimum absolute atomic E-state index is 0.204. The van der Waals surface area contributed by atoms with Gasteiger partial charge in [-0.05, 0) is 48.6 Å². The summed E-state index contributed by atoms with van der Waals surface area (Å²) in [7, 11) is 2.00. The summed E-state index contributed by atoms with van der Waals surface area (Å²) in [6.45, 7) is 8.86. The molecule has 1 amide bonds. The van der Waals surface area contributed by atoms with Crippen molar-refractivity contribution in [2.24, 2.45) is 18.4 Å². The van der Waals surface area contributed by atoms with Crippen LogP contribution in [0.1, 0.15) is 44.1 Å². The van der Waals surface area contributed by atoms with Crippen LogP contribution in [-0.2, 0) is 24.7 Å². The first-order valence-electron chi connectivity index (χ1n) is 9.75. The highest BCUT2D eigenvalue weighted by atomic mass is 32.2. The number of hydrogen-bond donors (Lipinski definition) is 0. The number of nitrogens with zero attached hydrogens (tertiary/aromatic N) is 4. The molecule has 0 aromatic carbocycles. The van der Waals surface area contributed by atoms with E-state index in [0.29, 0.717) is 11.2 Å². The molecule has 0 unspecified atom stereocenters. The van der Waals surface area contributed by atoms with Gasteiger partial charge < -0.3 is 9.47 Å². The minimum Gasteiger partial charge on any atom is -0.342 e. The maximum Gasteiger partial charge on any atom is 0.233 e. The molecule has 0 spiro atoms. The molecule has 7 heteroatoms. The third-order valence-corrected chi connectivity index (χ3v) is 8.13. The molecule has 2 aromatic heterocycles. The van der Waals surface area contributed by atoms with Gasteiger partial charge in [-0.3, -0.25) is 4.79 Å². The Kier molecular flexibility index (Phi) is 5.10. The van der Waals surface area contributed by atoms with Crippen molar-refractivity contribution >= 4 is 29.0 Å². The molecular formula is C20H28N4OS2. The van der Waals surface area contributed by atoms with Crippen LogP contribution in [0.5, 0.6) is 0 Å². The monoisotopic (exact) mass is 404 g/mol. The van der Waals surface area contributed by atoms with Crippen molar-refractivity contribution in [2.45, 2.75) is 51.6 Å². The SMILES string of the molecule is Cn1c(SCC(=O)N2CCC2)nnc1-c1cc2c(s1)CC[C@@H](C(C)(C)C)C2. The fraction of sp³-hybridized carbons (Fsp3) is 0.650. The number of aryl methyl sites for hydroxylation is 1. The lowest BCUT2D eigenvalue weighted by Gasteiger charge is -2.33. The first-order chi connectivity index (χ1) is 12.8. The Morgan fingerprint density at radius 1 is 1.33 bits per heavy atom. The van der Waals surface area contributed by atoms with Crippen LogP contribution < -0.4 is 0 Å². The Morgan fingerprint density at radius 3 is 2.78 bits per heavy atom. The zero-order chi connectivity index (χ0) is 19.2. The normalized spacial score (nSPS) is 19.7. The average molecular weight is 405 g/mol. The fourth-order valence-electron chi connectivity index (χ4n) is 3.81. The second-order valence-corrected chi connectivity index (χ2v) is 10.8. The van der Waals surface area contributed by atoms with E-state index in [4.69, 9.17) is 0 Å². The highest BCUT2D eigenvalue weighted by molar-refractivity contribution is 7.99. The highest BCUT2D eigenvalue weighted by Gasteiger charge is 2.30. The highest BCUT2D eigenvalue weighted by Crippen LogP contribution is 2.42. The van der Waals surface area contributed by atoms with Crippen LogP contribution in [-0.4, -0.2) is 44.4 Å². The molecule has 4 rings (SSSR count). The number of rotatable bonds is 4. The summed E-state index contributed by atoms with van der Waals surface area (Å²) >= 11 is 3.35. The number of hydrogen-bond acceptors (Lipinski definition) is 5. The van der Waals surface area contributed by atoms with E-state index >= 15 is 0 Å². The second kappa shape index (κ2) is 7.24. The first kappa shape index (κ1) is 19.0. The summed E-state index contributed by atoms with van der Waals surface area (Å²) in [5.41, 5.74) is 1.85. The number of thioether (sulfide) groups is 1. The maximum atomic E-state index is 12.1. The van der Waals surface area contributed by atoms with Gasteiger partial charge in [-0.2, -0.15) is 0 Å². The van der Waals surface area contributed by atoms with Crippen molar-refractivity contribution in [1.29, 1.82) is 0 Å². The summed E-state index contributed by atoms with van der Waals surface area (Å²) in [6.07, 6.45) is 4.74. The average Bonchev–Trinajstić information content (AvgIpc) is 3.12. The van der Waals surface area contributed by atoms with Crippen LogP contribution >= 0.6 is 23.1 Å². The smallest absolute Gasteiger partial charge is 0.233 e. The van der Waals surface area contributed by atoms with E-state index < -0.39 is 0 Å². The fourth-order valence-corrected chi connectivity index (χ4v) is 5.85. The number of fused-ring (bicyclic) bond motifs is 1. The van der Waals surface area contributed by atoms with E-state index in [0.717, 1.165) is 36.4 Å². The third kappa shape index (κ3) is 3.81. The van der Waals surface area contributed by atoms with E-state index in [1.165, 1.54) is 46.3 Å². The Labute approximate surface area is 169 Å².